The highest BCUT2D eigenvalue weighted by Crippen LogP contribution is 2.46. The Morgan fingerprint density at radius 3 is 2.81 bits per heavy atom. The number of nitrogens with zero attached hydrogens (tertiary/aromatic N) is 3. The monoisotopic (exact) mass is 435 g/mol. The number of imide groups is 1. The number of urea groups is 1. The summed E-state index contributed by atoms with van der Waals surface area (Å²) in [6.45, 7) is 0.369. The second-order valence-corrected chi connectivity index (χ2v) is 8.02. The van der Waals surface area contributed by atoms with Gasteiger partial charge in [0.2, 0.25) is 11.5 Å². The molecule has 32 heavy (non-hydrogen) atoms. The molecule has 3 aliphatic rings. The zero-order chi connectivity index (χ0) is 22.5. The van der Waals surface area contributed by atoms with Gasteiger partial charge < -0.3 is 20.3 Å². The van der Waals surface area contributed by atoms with E-state index in [1.807, 2.05) is 12.1 Å². The molecule has 5 amide bonds. The van der Waals surface area contributed by atoms with Crippen LogP contribution in [0.25, 0.3) is 0 Å². The van der Waals surface area contributed by atoms with Crippen molar-refractivity contribution in [3.05, 3.63) is 58.9 Å². The van der Waals surface area contributed by atoms with Crippen LogP contribution in [0, 0.1) is 0 Å². The van der Waals surface area contributed by atoms with Crippen LogP contribution in [0.1, 0.15) is 28.8 Å². The number of nitrogens with one attached hydrogen (secondary N) is 2. The summed E-state index contributed by atoms with van der Waals surface area (Å²) < 4.78 is 5.58. The van der Waals surface area contributed by atoms with Crippen molar-refractivity contribution in [1.82, 2.24) is 20.1 Å². The summed E-state index contributed by atoms with van der Waals surface area (Å²) in [6, 6.07) is 8.47. The van der Waals surface area contributed by atoms with Gasteiger partial charge in [0.25, 0.3) is 5.91 Å². The first-order valence-corrected chi connectivity index (χ1v) is 10.3. The molecule has 1 atom stereocenters. The zero-order valence-corrected chi connectivity index (χ0v) is 17.4. The minimum Gasteiger partial charge on any atom is -0.427 e. The summed E-state index contributed by atoms with van der Waals surface area (Å²) in [7, 11) is 1.52. The minimum atomic E-state index is -1.42. The number of fused-ring (bicyclic) bond motifs is 3. The molecule has 1 unspecified atom stereocenters. The largest absolute Gasteiger partial charge is 0.427 e. The third-order valence-electron chi connectivity index (χ3n) is 6.18. The van der Waals surface area contributed by atoms with Gasteiger partial charge in [0, 0.05) is 37.5 Å². The van der Waals surface area contributed by atoms with Gasteiger partial charge in [0.15, 0.2) is 0 Å². The number of benzene rings is 1. The molecule has 0 saturated carbocycles. The molecule has 0 radical (unpaired) electrons. The standard InChI is InChI=1S/C22H21N5O5/c1-23-20(30)25-15-4-5-16-13(9-15)6-7-22(16)19(29)27(21(31)32-22)12-18(28)26-10-14-3-2-8-24-17(14)11-26/h2-5,8-9H,6-7,10-12H2,1H3,(H2,23,25,30). The Kier molecular flexibility index (Phi) is 4.58. The lowest BCUT2D eigenvalue weighted by Gasteiger charge is -2.21. The predicted molar refractivity (Wildman–Crippen MR) is 111 cm³/mol. The maximum Gasteiger partial charge on any atom is 0.418 e. The van der Waals surface area contributed by atoms with Gasteiger partial charge in [-0.3, -0.25) is 14.6 Å². The average molecular weight is 435 g/mol. The maximum absolute atomic E-state index is 13.3. The van der Waals surface area contributed by atoms with Crippen LogP contribution in [-0.4, -0.2) is 52.3 Å². The van der Waals surface area contributed by atoms with E-state index in [4.69, 9.17) is 4.74 Å². The molecule has 2 aliphatic heterocycles. The number of ether oxygens (including phenoxy) is 1. The normalized spacial score (nSPS) is 20.9. The van der Waals surface area contributed by atoms with Gasteiger partial charge in [-0.25, -0.2) is 14.5 Å². The van der Waals surface area contributed by atoms with E-state index in [9.17, 15) is 19.2 Å². The Bertz CT molecular complexity index is 1140. The van der Waals surface area contributed by atoms with Crippen molar-refractivity contribution >= 4 is 29.6 Å². The van der Waals surface area contributed by atoms with Gasteiger partial charge in [-0.15, -0.1) is 0 Å². The number of aromatic nitrogens is 1. The fourth-order valence-corrected chi connectivity index (χ4v) is 4.54. The van der Waals surface area contributed by atoms with Crippen molar-refractivity contribution in [1.29, 1.82) is 0 Å². The topological polar surface area (TPSA) is 121 Å². The van der Waals surface area contributed by atoms with Gasteiger partial charge >= 0.3 is 12.1 Å². The quantitative estimate of drug-likeness (QED) is 0.754. The van der Waals surface area contributed by atoms with E-state index >= 15 is 0 Å². The number of aryl methyl sites for hydroxylation is 1. The molecule has 1 aromatic heterocycles. The van der Waals surface area contributed by atoms with Gasteiger partial charge in [0.05, 0.1) is 12.2 Å². The molecule has 164 valence electrons. The summed E-state index contributed by atoms with van der Waals surface area (Å²) in [5.74, 6) is -0.870. The predicted octanol–water partition coefficient (Wildman–Crippen LogP) is 1.50. The molecule has 1 fully saturated rings. The lowest BCUT2D eigenvalue weighted by Crippen LogP contribution is -2.43. The molecule has 0 bridgehead atoms. The summed E-state index contributed by atoms with van der Waals surface area (Å²) in [6.07, 6.45) is 1.65. The zero-order valence-electron chi connectivity index (χ0n) is 17.4. The Hall–Kier alpha value is -3.95. The van der Waals surface area contributed by atoms with Crippen LogP contribution in [-0.2, 0) is 39.4 Å². The lowest BCUT2D eigenvalue weighted by molar-refractivity contribution is -0.142. The molecular formula is C22H21N5O5. The fraction of sp³-hybridized carbons (Fsp3) is 0.318. The molecule has 1 spiro atoms. The highest BCUT2D eigenvalue weighted by molar-refractivity contribution is 6.06. The van der Waals surface area contributed by atoms with Crippen LogP contribution in [0.2, 0.25) is 0 Å². The van der Waals surface area contributed by atoms with Crippen LogP contribution in [0.3, 0.4) is 0 Å². The van der Waals surface area contributed by atoms with Crippen molar-refractivity contribution in [3.63, 3.8) is 0 Å². The third kappa shape index (κ3) is 3.06. The smallest absolute Gasteiger partial charge is 0.418 e. The molecule has 2 aromatic rings. The molecule has 2 N–H and O–H groups in total. The molecule has 10 heteroatoms. The van der Waals surface area contributed by atoms with Gasteiger partial charge in [-0.05, 0) is 35.7 Å². The van der Waals surface area contributed by atoms with Crippen LogP contribution in [0.4, 0.5) is 15.3 Å². The Balaban J connectivity index is 1.33. The number of hydrogen-bond acceptors (Lipinski definition) is 6. The Labute approximate surface area is 183 Å². The summed E-state index contributed by atoms with van der Waals surface area (Å²) >= 11 is 0. The Morgan fingerprint density at radius 1 is 1.19 bits per heavy atom. The maximum atomic E-state index is 13.3. The number of rotatable bonds is 3. The first kappa shape index (κ1) is 20.0. The van der Waals surface area contributed by atoms with E-state index in [-0.39, 0.29) is 18.5 Å². The number of anilines is 1. The molecule has 10 nitrogen and oxygen atoms in total. The second kappa shape index (κ2) is 7.33. The molecule has 1 aromatic carbocycles. The molecule has 3 heterocycles. The van der Waals surface area contributed by atoms with Gasteiger partial charge in [0.1, 0.15) is 6.54 Å². The third-order valence-corrected chi connectivity index (χ3v) is 6.18. The fourth-order valence-electron chi connectivity index (χ4n) is 4.54. The van der Waals surface area contributed by atoms with Crippen LogP contribution >= 0.6 is 0 Å². The summed E-state index contributed by atoms with van der Waals surface area (Å²) in [4.78, 5) is 57.0. The van der Waals surface area contributed by atoms with Gasteiger partial charge in [-0.1, -0.05) is 12.1 Å². The van der Waals surface area contributed by atoms with E-state index in [1.54, 1.807) is 29.3 Å². The van der Waals surface area contributed by atoms with Gasteiger partial charge in [-0.2, -0.15) is 0 Å². The molecule has 5 rings (SSSR count). The molecule has 1 saturated heterocycles. The first-order valence-electron chi connectivity index (χ1n) is 10.3. The lowest BCUT2D eigenvalue weighted by atomic mass is 9.94. The number of carbonyl (C=O) groups excluding carboxylic acids is 4. The summed E-state index contributed by atoms with van der Waals surface area (Å²) in [5.41, 5.74) is 2.33. The number of amides is 5. The van der Waals surface area contributed by atoms with E-state index in [0.717, 1.165) is 21.7 Å². The van der Waals surface area contributed by atoms with Crippen molar-refractivity contribution in [3.8, 4) is 0 Å². The summed E-state index contributed by atoms with van der Waals surface area (Å²) in [5, 5.41) is 5.16. The van der Waals surface area contributed by atoms with Crippen molar-refractivity contribution in [2.45, 2.75) is 31.5 Å². The first-order chi connectivity index (χ1) is 15.4. The van der Waals surface area contributed by atoms with Crippen molar-refractivity contribution < 1.29 is 23.9 Å². The van der Waals surface area contributed by atoms with E-state index in [2.05, 4.69) is 15.6 Å². The average Bonchev–Trinajstić information content (AvgIpc) is 3.45. The molecule has 1 aliphatic carbocycles. The highest BCUT2D eigenvalue weighted by Gasteiger charge is 2.58. The van der Waals surface area contributed by atoms with E-state index in [1.165, 1.54) is 7.05 Å². The van der Waals surface area contributed by atoms with E-state index < -0.39 is 17.6 Å². The number of hydrogen-bond donors (Lipinski definition) is 2. The SMILES string of the molecule is CNC(=O)Nc1ccc2c(c1)CCC21OC(=O)N(CC(=O)N2Cc3cccnc3C2)C1=O. The van der Waals surface area contributed by atoms with Crippen LogP contribution in [0.5, 0.6) is 0 Å². The second-order valence-electron chi connectivity index (χ2n) is 8.02. The Morgan fingerprint density at radius 2 is 2.03 bits per heavy atom. The number of pyridine rings is 1. The van der Waals surface area contributed by atoms with E-state index in [0.29, 0.717) is 37.2 Å². The number of carbonyl (C=O) groups is 4. The van der Waals surface area contributed by atoms with Crippen LogP contribution in [0.15, 0.2) is 36.5 Å². The van der Waals surface area contributed by atoms with Crippen LogP contribution < -0.4 is 10.6 Å². The molecular weight excluding hydrogens is 414 g/mol. The highest BCUT2D eigenvalue weighted by atomic mass is 16.6. The minimum absolute atomic E-state index is 0.292. The van der Waals surface area contributed by atoms with Crippen molar-refractivity contribution in [2.24, 2.45) is 0 Å². The van der Waals surface area contributed by atoms with Crippen molar-refractivity contribution in [2.75, 3.05) is 18.9 Å².